The smallest absolute Gasteiger partial charge is 0.0146 e. The van der Waals surface area contributed by atoms with Crippen molar-refractivity contribution in [2.45, 2.75) is 120 Å². The Morgan fingerprint density at radius 2 is 1.50 bits per heavy atom. The fraction of sp³-hybridized carbons (Fsp3) is 0.733. The zero-order valence-electron chi connectivity index (χ0n) is 21.5. The molecule has 0 aromatic heterocycles. The van der Waals surface area contributed by atoms with E-state index in [0.29, 0.717) is 10.8 Å². The van der Waals surface area contributed by atoms with E-state index >= 15 is 0 Å². The number of allylic oxidation sites excluding steroid dienone is 8. The second-order valence-corrected chi connectivity index (χ2v) is 11.7. The van der Waals surface area contributed by atoms with Crippen LogP contribution in [0.15, 0.2) is 46.6 Å². The predicted molar refractivity (Wildman–Crippen MR) is 136 cm³/mol. The molecule has 0 aromatic rings. The van der Waals surface area contributed by atoms with Crippen LogP contribution in [0.1, 0.15) is 120 Å². The van der Waals surface area contributed by atoms with E-state index in [9.17, 15) is 0 Å². The molecule has 0 heterocycles. The topological polar surface area (TPSA) is 0 Å². The average Bonchev–Trinajstić information content (AvgIpc) is 2.63. The molecule has 2 aliphatic carbocycles. The molecule has 1 saturated carbocycles. The summed E-state index contributed by atoms with van der Waals surface area (Å²) in [5.74, 6) is 1.63. The van der Waals surface area contributed by atoms with Gasteiger partial charge in [0.2, 0.25) is 0 Å². The quantitative estimate of drug-likeness (QED) is 0.332. The molecule has 0 N–H and O–H groups in total. The Labute approximate surface area is 189 Å². The highest BCUT2D eigenvalue weighted by Gasteiger charge is 2.51. The third-order valence-electron chi connectivity index (χ3n) is 8.37. The predicted octanol–water partition coefficient (Wildman–Crippen LogP) is 9.98. The molecule has 2 rings (SSSR count). The zero-order chi connectivity index (χ0) is 22.4. The molecular weight excluding hydrogens is 360 g/mol. The lowest BCUT2D eigenvalue weighted by Crippen LogP contribution is -2.48. The first-order chi connectivity index (χ1) is 14.1. The Kier molecular flexibility index (Phi) is 9.26. The van der Waals surface area contributed by atoms with Gasteiger partial charge in [0, 0.05) is 0 Å². The van der Waals surface area contributed by atoms with Gasteiger partial charge in [-0.25, -0.2) is 0 Å². The van der Waals surface area contributed by atoms with Crippen LogP contribution in [0.25, 0.3) is 0 Å². The van der Waals surface area contributed by atoms with E-state index in [2.05, 4.69) is 79.7 Å². The highest BCUT2D eigenvalue weighted by molar-refractivity contribution is 5.18. The number of fused-ring (bicyclic) bond motifs is 1. The fourth-order valence-electron chi connectivity index (χ4n) is 6.53. The van der Waals surface area contributed by atoms with Gasteiger partial charge >= 0.3 is 0 Å². The van der Waals surface area contributed by atoms with E-state index in [4.69, 9.17) is 0 Å². The minimum absolute atomic E-state index is 0.504. The maximum Gasteiger partial charge on any atom is -0.0146 e. The molecule has 0 aromatic carbocycles. The Morgan fingerprint density at radius 1 is 0.900 bits per heavy atom. The number of rotatable bonds is 9. The highest BCUT2D eigenvalue weighted by atomic mass is 14.6. The first-order valence-electron chi connectivity index (χ1n) is 12.7. The van der Waals surface area contributed by atoms with Crippen LogP contribution in [-0.4, -0.2) is 0 Å². The van der Waals surface area contributed by atoms with E-state index in [1.54, 1.807) is 16.7 Å². The summed E-state index contributed by atoms with van der Waals surface area (Å²) in [6.07, 6.45) is 22.9. The molecule has 0 saturated heterocycles. The molecule has 30 heavy (non-hydrogen) atoms. The van der Waals surface area contributed by atoms with Crippen molar-refractivity contribution in [3.63, 3.8) is 0 Å². The monoisotopic (exact) mass is 410 g/mol. The van der Waals surface area contributed by atoms with Gasteiger partial charge in [-0.2, -0.15) is 0 Å². The summed E-state index contributed by atoms with van der Waals surface area (Å²) >= 11 is 0. The van der Waals surface area contributed by atoms with Crippen molar-refractivity contribution in [1.82, 2.24) is 0 Å². The molecular formula is C30H50. The molecule has 2 aliphatic rings. The summed E-state index contributed by atoms with van der Waals surface area (Å²) in [7, 11) is 0. The minimum atomic E-state index is 0.504. The van der Waals surface area contributed by atoms with Crippen molar-refractivity contribution in [3.05, 3.63) is 46.6 Å². The molecule has 0 spiro atoms. The number of hydrogen-bond acceptors (Lipinski definition) is 0. The lowest BCUT2D eigenvalue weighted by molar-refractivity contribution is -0.0388. The molecule has 0 radical (unpaired) electrons. The maximum atomic E-state index is 2.62. The van der Waals surface area contributed by atoms with Crippen molar-refractivity contribution >= 4 is 0 Å². The van der Waals surface area contributed by atoms with Gasteiger partial charge in [0.1, 0.15) is 0 Å². The third kappa shape index (κ3) is 6.73. The van der Waals surface area contributed by atoms with Gasteiger partial charge in [0.05, 0.1) is 0 Å². The first kappa shape index (κ1) is 25.2. The van der Waals surface area contributed by atoms with Crippen LogP contribution in [0.5, 0.6) is 0 Å². The van der Waals surface area contributed by atoms with Gasteiger partial charge in [-0.05, 0) is 115 Å². The Hall–Kier alpha value is -1.04. The van der Waals surface area contributed by atoms with Gasteiger partial charge < -0.3 is 0 Å². The van der Waals surface area contributed by atoms with Gasteiger partial charge in [0.15, 0.2) is 0 Å². The van der Waals surface area contributed by atoms with Crippen LogP contribution in [0.3, 0.4) is 0 Å². The lowest BCUT2D eigenvalue weighted by Gasteiger charge is -2.57. The van der Waals surface area contributed by atoms with Crippen LogP contribution in [0, 0.1) is 22.7 Å². The summed E-state index contributed by atoms with van der Waals surface area (Å²) < 4.78 is 0. The average molecular weight is 411 g/mol. The molecule has 0 unspecified atom stereocenters. The van der Waals surface area contributed by atoms with E-state index in [-0.39, 0.29) is 0 Å². The van der Waals surface area contributed by atoms with Gasteiger partial charge in [-0.1, -0.05) is 73.8 Å². The van der Waals surface area contributed by atoms with Gasteiger partial charge in [0.25, 0.3) is 0 Å². The van der Waals surface area contributed by atoms with Crippen LogP contribution >= 0.6 is 0 Å². The standard InChI is InChI=1S/C30H50/c1-23(2)13-9-14-24(3)15-10-16-25(4)17-11-18-27-26(5)19-20-28-29(6,7)21-12-22-30(27,28)8/h13,15,17,19,27-28H,9-12,14,16,18,20-22H2,1-8H3/b24-15+,25-17+/t27-,28-,30-/m0/s1. The highest BCUT2D eigenvalue weighted by Crippen LogP contribution is 2.60. The molecule has 0 nitrogen and oxygen atoms in total. The van der Waals surface area contributed by atoms with Crippen LogP contribution in [0.2, 0.25) is 0 Å². The number of hydrogen-bond donors (Lipinski definition) is 0. The summed E-state index contributed by atoms with van der Waals surface area (Å²) in [5, 5.41) is 0. The molecule has 0 aliphatic heterocycles. The molecule has 170 valence electrons. The summed E-state index contributed by atoms with van der Waals surface area (Å²) in [4.78, 5) is 0. The van der Waals surface area contributed by atoms with Crippen molar-refractivity contribution in [1.29, 1.82) is 0 Å². The fourth-order valence-corrected chi connectivity index (χ4v) is 6.53. The van der Waals surface area contributed by atoms with Crippen molar-refractivity contribution in [2.75, 3.05) is 0 Å². The van der Waals surface area contributed by atoms with Crippen molar-refractivity contribution in [3.8, 4) is 0 Å². The second kappa shape index (κ2) is 11.0. The molecule has 0 bridgehead atoms. The zero-order valence-corrected chi connectivity index (χ0v) is 21.5. The molecule has 3 atom stereocenters. The van der Waals surface area contributed by atoms with Crippen LogP contribution < -0.4 is 0 Å². The van der Waals surface area contributed by atoms with Crippen molar-refractivity contribution in [2.24, 2.45) is 22.7 Å². The molecule has 0 heteroatoms. The van der Waals surface area contributed by atoms with Gasteiger partial charge in [-0.15, -0.1) is 0 Å². The Balaban J connectivity index is 1.87. The SMILES string of the molecule is CC(C)=CCC/C(C)=C/CC/C(C)=C/CC[C@H]1C(C)=CC[C@H]2C(C)(C)CCC[C@@]12C. The van der Waals surface area contributed by atoms with Crippen molar-refractivity contribution < 1.29 is 0 Å². The lowest BCUT2D eigenvalue weighted by atomic mass is 9.48. The first-order valence-corrected chi connectivity index (χ1v) is 12.7. The summed E-state index contributed by atoms with van der Waals surface area (Å²) in [6, 6.07) is 0. The Bertz CT molecular complexity index is 677. The Morgan fingerprint density at radius 3 is 2.13 bits per heavy atom. The molecule has 1 fully saturated rings. The van der Waals surface area contributed by atoms with E-state index in [1.165, 1.54) is 69.8 Å². The van der Waals surface area contributed by atoms with Crippen LogP contribution in [0.4, 0.5) is 0 Å². The van der Waals surface area contributed by atoms with Gasteiger partial charge in [-0.3, -0.25) is 0 Å². The normalized spacial score (nSPS) is 29.3. The third-order valence-corrected chi connectivity index (χ3v) is 8.37. The van der Waals surface area contributed by atoms with E-state index in [1.807, 2.05) is 0 Å². The minimum Gasteiger partial charge on any atom is -0.0856 e. The van der Waals surface area contributed by atoms with E-state index < -0.39 is 0 Å². The summed E-state index contributed by atoms with van der Waals surface area (Å²) in [5.41, 5.74) is 7.24. The molecule has 0 amide bonds. The largest absolute Gasteiger partial charge is 0.0856 e. The summed E-state index contributed by atoms with van der Waals surface area (Å²) in [6.45, 7) is 19.1. The maximum absolute atomic E-state index is 2.62. The second-order valence-electron chi connectivity index (χ2n) is 11.7. The van der Waals surface area contributed by atoms with Crippen LogP contribution in [-0.2, 0) is 0 Å². The van der Waals surface area contributed by atoms with E-state index in [0.717, 1.165) is 11.8 Å².